The van der Waals surface area contributed by atoms with E-state index >= 15 is 0 Å². The van der Waals surface area contributed by atoms with Crippen molar-refractivity contribution in [1.82, 2.24) is 9.97 Å². The van der Waals surface area contributed by atoms with Crippen molar-refractivity contribution >= 4 is 50.9 Å². The van der Waals surface area contributed by atoms with Gasteiger partial charge in [0.15, 0.2) is 5.16 Å². The second kappa shape index (κ2) is 6.74. The molecule has 0 bridgehead atoms. The fraction of sp³-hybridized carbons (Fsp3) is 0.462. The predicted octanol–water partition coefficient (Wildman–Crippen LogP) is 3.95. The van der Waals surface area contributed by atoms with Crippen molar-refractivity contribution in [1.29, 1.82) is 0 Å². The summed E-state index contributed by atoms with van der Waals surface area (Å²) in [7, 11) is 0. The molecule has 108 valence electrons. The van der Waals surface area contributed by atoms with Crippen molar-refractivity contribution in [2.45, 2.75) is 38.5 Å². The molecule has 0 unspecified atom stereocenters. The minimum atomic E-state index is -0.273. The van der Waals surface area contributed by atoms with E-state index in [0.717, 1.165) is 16.6 Å². The molecular weight excluding hydrogens is 316 g/mol. The Bertz CT molecular complexity index is 628. The quantitative estimate of drug-likeness (QED) is 0.359. The summed E-state index contributed by atoms with van der Waals surface area (Å²) in [4.78, 5) is 22.2. The molecular formula is C13H15ClN2O2S2. The van der Waals surface area contributed by atoms with Gasteiger partial charge >= 0.3 is 5.97 Å². The highest BCUT2D eigenvalue weighted by Gasteiger charge is 2.12. The molecule has 0 fully saturated rings. The fourth-order valence-electron chi connectivity index (χ4n) is 1.58. The first-order chi connectivity index (χ1) is 9.49. The number of aromatic nitrogens is 2. The van der Waals surface area contributed by atoms with Crippen molar-refractivity contribution in [3.05, 3.63) is 16.1 Å². The first-order valence-electron chi connectivity index (χ1n) is 6.27. The lowest BCUT2D eigenvalue weighted by Gasteiger charge is -2.06. The molecule has 0 atom stereocenters. The Hall–Kier alpha value is -0.850. The third-order valence-corrected chi connectivity index (χ3v) is 4.69. The molecule has 0 aliphatic heterocycles. The maximum absolute atomic E-state index is 11.5. The van der Waals surface area contributed by atoms with E-state index in [2.05, 4.69) is 16.9 Å². The number of halogens is 1. The number of esters is 1. The molecule has 2 aromatic rings. The zero-order valence-corrected chi connectivity index (χ0v) is 13.9. The Balaban J connectivity index is 2.13. The number of nitrogens with zero attached hydrogens (tertiary/aromatic N) is 2. The van der Waals surface area contributed by atoms with Crippen LogP contribution in [0.15, 0.2) is 11.2 Å². The third kappa shape index (κ3) is 3.84. The lowest BCUT2D eigenvalue weighted by atomic mass is 10.3. The summed E-state index contributed by atoms with van der Waals surface area (Å²) >= 11 is 9.01. The summed E-state index contributed by atoms with van der Waals surface area (Å²) < 4.78 is 5.07. The highest BCUT2D eigenvalue weighted by atomic mass is 35.5. The third-order valence-electron chi connectivity index (χ3n) is 2.41. The van der Waals surface area contributed by atoms with Crippen LogP contribution < -0.4 is 0 Å². The average Bonchev–Trinajstić information content (AvgIpc) is 2.79. The molecule has 0 aromatic carbocycles. The van der Waals surface area contributed by atoms with Gasteiger partial charge < -0.3 is 4.74 Å². The van der Waals surface area contributed by atoms with Crippen LogP contribution in [0.1, 0.15) is 25.6 Å². The lowest BCUT2D eigenvalue weighted by Crippen LogP contribution is -2.13. The van der Waals surface area contributed by atoms with Crippen LogP contribution in [0.2, 0.25) is 5.15 Å². The van der Waals surface area contributed by atoms with E-state index in [-0.39, 0.29) is 17.8 Å². The van der Waals surface area contributed by atoms with E-state index in [1.165, 1.54) is 16.6 Å². The number of fused-ring (bicyclic) bond motifs is 1. The van der Waals surface area contributed by atoms with Crippen LogP contribution >= 0.6 is 34.7 Å². The second-order valence-corrected chi connectivity index (χ2v) is 6.83. The molecule has 0 saturated carbocycles. The first-order valence-corrected chi connectivity index (χ1v) is 8.45. The number of rotatable bonds is 5. The minimum Gasteiger partial charge on any atom is -0.462 e. The normalized spacial score (nSPS) is 11.2. The van der Waals surface area contributed by atoms with Gasteiger partial charge in [-0.15, -0.1) is 11.3 Å². The van der Waals surface area contributed by atoms with Gasteiger partial charge in [0, 0.05) is 10.3 Å². The molecule has 0 radical (unpaired) electrons. The molecule has 0 aliphatic carbocycles. The van der Waals surface area contributed by atoms with Crippen molar-refractivity contribution < 1.29 is 9.53 Å². The topological polar surface area (TPSA) is 52.1 Å². The van der Waals surface area contributed by atoms with Crippen LogP contribution in [0.3, 0.4) is 0 Å². The van der Waals surface area contributed by atoms with Gasteiger partial charge in [0.05, 0.1) is 11.9 Å². The Kier molecular flexibility index (Phi) is 5.23. The van der Waals surface area contributed by atoms with E-state index in [9.17, 15) is 4.79 Å². The van der Waals surface area contributed by atoms with E-state index in [1.807, 2.05) is 19.9 Å². The van der Waals surface area contributed by atoms with Crippen LogP contribution in [-0.4, -0.2) is 27.8 Å². The SMILES string of the molecule is CCc1cc2c(Cl)nc(SCC(=O)OC(C)C)nc2s1. The van der Waals surface area contributed by atoms with Crippen LogP contribution in [0.5, 0.6) is 0 Å². The molecule has 7 heteroatoms. The summed E-state index contributed by atoms with van der Waals surface area (Å²) in [5.41, 5.74) is 0. The van der Waals surface area contributed by atoms with Crippen LogP contribution in [0.4, 0.5) is 0 Å². The molecule has 0 aliphatic rings. The molecule has 0 amide bonds. The molecule has 2 rings (SSSR count). The van der Waals surface area contributed by atoms with Gasteiger partial charge in [0.2, 0.25) is 0 Å². The zero-order chi connectivity index (χ0) is 14.7. The van der Waals surface area contributed by atoms with Crippen LogP contribution in [0.25, 0.3) is 10.2 Å². The molecule has 0 spiro atoms. The number of ether oxygens (including phenoxy) is 1. The van der Waals surface area contributed by atoms with E-state index < -0.39 is 0 Å². The number of carbonyl (C=O) groups excluding carboxylic acids is 1. The number of hydrogen-bond donors (Lipinski definition) is 0. The Labute approximate surface area is 130 Å². The highest BCUT2D eigenvalue weighted by Crippen LogP contribution is 2.31. The van der Waals surface area contributed by atoms with Crippen molar-refractivity contribution in [2.75, 3.05) is 5.75 Å². The zero-order valence-electron chi connectivity index (χ0n) is 11.5. The van der Waals surface area contributed by atoms with E-state index in [0.29, 0.717) is 10.3 Å². The summed E-state index contributed by atoms with van der Waals surface area (Å²) in [6, 6.07) is 2.02. The Morgan fingerprint density at radius 3 is 2.90 bits per heavy atom. The predicted molar refractivity (Wildman–Crippen MR) is 83.8 cm³/mol. The smallest absolute Gasteiger partial charge is 0.316 e. The second-order valence-electron chi connectivity index (χ2n) is 4.41. The Morgan fingerprint density at radius 1 is 1.50 bits per heavy atom. The van der Waals surface area contributed by atoms with Gasteiger partial charge in [-0.1, -0.05) is 30.3 Å². The van der Waals surface area contributed by atoms with Gasteiger partial charge in [0.1, 0.15) is 9.98 Å². The van der Waals surface area contributed by atoms with Crippen molar-refractivity contribution in [2.24, 2.45) is 0 Å². The minimum absolute atomic E-state index is 0.112. The van der Waals surface area contributed by atoms with E-state index in [4.69, 9.17) is 16.3 Å². The van der Waals surface area contributed by atoms with Crippen molar-refractivity contribution in [3.63, 3.8) is 0 Å². The van der Waals surface area contributed by atoms with Gasteiger partial charge in [-0.25, -0.2) is 9.97 Å². The highest BCUT2D eigenvalue weighted by molar-refractivity contribution is 7.99. The number of carbonyl (C=O) groups is 1. The fourth-order valence-corrected chi connectivity index (χ4v) is 3.56. The van der Waals surface area contributed by atoms with Gasteiger partial charge in [-0.05, 0) is 26.3 Å². The summed E-state index contributed by atoms with van der Waals surface area (Å²) in [6.45, 7) is 5.73. The maximum Gasteiger partial charge on any atom is 0.316 e. The number of hydrogen-bond acceptors (Lipinski definition) is 6. The molecule has 2 aromatic heterocycles. The Morgan fingerprint density at radius 2 is 2.25 bits per heavy atom. The maximum atomic E-state index is 11.5. The van der Waals surface area contributed by atoms with E-state index in [1.54, 1.807) is 11.3 Å². The van der Waals surface area contributed by atoms with Crippen LogP contribution in [-0.2, 0) is 16.0 Å². The van der Waals surface area contributed by atoms with Crippen LogP contribution in [0, 0.1) is 0 Å². The number of aryl methyl sites for hydroxylation is 1. The van der Waals surface area contributed by atoms with Gasteiger partial charge in [-0.3, -0.25) is 4.79 Å². The average molecular weight is 331 g/mol. The monoisotopic (exact) mass is 330 g/mol. The summed E-state index contributed by atoms with van der Waals surface area (Å²) in [5, 5.41) is 1.82. The van der Waals surface area contributed by atoms with Crippen molar-refractivity contribution in [3.8, 4) is 0 Å². The van der Waals surface area contributed by atoms with Gasteiger partial charge in [0.25, 0.3) is 0 Å². The molecule has 0 saturated heterocycles. The van der Waals surface area contributed by atoms with Gasteiger partial charge in [-0.2, -0.15) is 0 Å². The summed E-state index contributed by atoms with van der Waals surface area (Å²) in [6.07, 6.45) is 0.833. The standard InChI is InChI=1S/C13H15ClN2O2S2/c1-4-8-5-9-11(14)15-13(16-12(9)20-8)19-6-10(17)18-7(2)3/h5,7H,4,6H2,1-3H3. The molecule has 20 heavy (non-hydrogen) atoms. The number of thiophene rings is 1. The molecule has 2 heterocycles. The largest absolute Gasteiger partial charge is 0.462 e. The molecule has 0 N–H and O–H groups in total. The molecule has 4 nitrogen and oxygen atoms in total. The summed E-state index contributed by atoms with van der Waals surface area (Å²) in [5.74, 6) is -0.0864. The number of thioether (sulfide) groups is 1. The lowest BCUT2D eigenvalue weighted by molar-refractivity contribution is -0.144. The first kappa shape index (κ1) is 15.5.